The quantitative estimate of drug-likeness (QED) is 0.707. The smallest absolute Gasteiger partial charge is 0.348 e. The zero-order valence-corrected chi connectivity index (χ0v) is 18.8. The minimum Gasteiger partial charge on any atom is -0.477 e. The van der Waals surface area contributed by atoms with Gasteiger partial charge in [-0.3, -0.25) is 9.59 Å². The number of hydrogen-bond donors (Lipinski definition) is 1. The molecular weight excluding hydrogens is 386 g/mol. The van der Waals surface area contributed by atoms with Gasteiger partial charge in [-0.25, -0.2) is 4.79 Å². The van der Waals surface area contributed by atoms with Crippen molar-refractivity contribution in [1.82, 2.24) is 0 Å². The van der Waals surface area contributed by atoms with Crippen molar-refractivity contribution >= 4 is 34.7 Å². The molecule has 0 bridgehead atoms. The van der Waals surface area contributed by atoms with Crippen LogP contribution in [-0.4, -0.2) is 28.8 Å². The topological polar surface area (TPSA) is 74.7 Å². The Morgan fingerprint density at radius 2 is 1.66 bits per heavy atom. The molecule has 2 aliphatic rings. The molecule has 160 valence electrons. The van der Waals surface area contributed by atoms with E-state index in [0.29, 0.717) is 37.3 Å². The monoisotopic (exact) mass is 419 g/mol. The molecule has 0 atom stereocenters. The molecule has 2 aliphatic carbocycles. The van der Waals surface area contributed by atoms with Crippen LogP contribution in [0.15, 0.2) is 6.07 Å². The van der Waals surface area contributed by atoms with Gasteiger partial charge in [0.1, 0.15) is 10.7 Å². The SMILES string of the molecule is CC1CCC(C(=O)N(c2cc(C(C)(C)C)sc2C(=O)O)C2CCC(=O)CC2)CC1. The predicted octanol–water partition coefficient (Wildman–Crippen LogP) is 5.41. The molecule has 1 amide bonds. The summed E-state index contributed by atoms with van der Waals surface area (Å²) >= 11 is 1.27. The van der Waals surface area contributed by atoms with Gasteiger partial charge in [0.25, 0.3) is 0 Å². The van der Waals surface area contributed by atoms with Crippen LogP contribution in [0, 0.1) is 11.8 Å². The van der Waals surface area contributed by atoms with E-state index in [4.69, 9.17) is 0 Å². The average molecular weight is 420 g/mol. The number of thiophene rings is 1. The number of amides is 1. The van der Waals surface area contributed by atoms with E-state index >= 15 is 0 Å². The van der Waals surface area contributed by atoms with E-state index in [0.717, 1.165) is 30.6 Å². The summed E-state index contributed by atoms with van der Waals surface area (Å²) in [6.45, 7) is 8.40. The highest BCUT2D eigenvalue weighted by atomic mass is 32.1. The lowest BCUT2D eigenvalue weighted by atomic mass is 9.81. The minimum atomic E-state index is -0.984. The van der Waals surface area contributed by atoms with Gasteiger partial charge in [-0.15, -0.1) is 11.3 Å². The second-order valence-corrected chi connectivity index (χ2v) is 10.9. The van der Waals surface area contributed by atoms with Gasteiger partial charge >= 0.3 is 5.97 Å². The van der Waals surface area contributed by atoms with Gasteiger partial charge in [0.05, 0.1) is 5.69 Å². The number of hydrogen-bond acceptors (Lipinski definition) is 4. The fourth-order valence-electron chi connectivity index (χ4n) is 4.47. The molecule has 29 heavy (non-hydrogen) atoms. The van der Waals surface area contributed by atoms with Gasteiger partial charge in [0.2, 0.25) is 5.91 Å². The Balaban J connectivity index is 2.01. The first-order chi connectivity index (χ1) is 13.6. The van der Waals surface area contributed by atoms with Gasteiger partial charge in [0.15, 0.2) is 0 Å². The first-order valence-electron chi connectivity index (χ1n) is 10.8. The Hall–Kier alpha value is -1.69. The van der Waals surface area contributed by atoms with Crippen molar-refractivity contribution in [1.29, 1.82) is 0 Å². The summed E-state index contributed by atoms with van der Waals surface area (Å²) < 4.78 is 0. The summed E-state index contributed by atoms with van der Waals surface area (Å²) in [5, 5.41) is 9.88. The van der Waals surface area contributed by atoms with Crippen LogP contribution in [0.4, 0.5) is 5.69 Å². The lowest BCUT2D eigenvalue weighted by molar-refractivity contribution is -0.125. The second kappa shape index (κ2) is 8.58. The van der Waals surface area contributed by atoms with Crippen LogP contribution in [0.25, 0.3) is 0 Å². The highest BCUT2D eigenvalue weighted by molar-refractivity contribution is 7.14. The Bertz CT molecular complexity index is 773. The zero-order valence-electron chi connectivity index (χ0n) is 18.0. The highest BCUT2D eigenvalue weighted by Crippen LogP contribution is 2.41. The van der Waals surface area contributed by atoms with Crippen LogP contribution in [0.3, 0.4) is 0 Å². The third-order valence-corrected chi connectivity index (χ3v) is 7.92. The Morgan fingerprint density at radius 3 is 2.17 bits per heavy atom. The van der Waals surface area contributed by atoms with Gasteiger partial charge in [-0.05, 0) is 55.9 Å². The van der Waals surface area contributed by atoms with Crippen molar-refractivity contribution in [2.75, 3.05) is 4.90 Å². The Labute approximate surface area is 177 Å². The summed E-state index contributed by atoms with van der Waals surface area (Å²) in [5.74, 6) is -0.106. The maximum absolute atomic E-state index is 13.7. The fourth-order valence-corrected chi connectivity index (χ4v) is 5.51. The van der Waals surface area contributed by atoms with Crippen molar-refractivity contribution in [3.63, 3.8) is 0 Å². The fraction of sp³-hybridized carbons (Fsp3) is 0.696. The molecule has 2 fully saturated rings. The van der Waals surface area contributed by atoms with Gasteiger partial charge < -0.3 is 10.0 Å². The maximum atomic E-state index is 13.7. The molecule has 0 aliphatic heterocycles. The lowest BCUT2D eigenvalue weighted by Crippen LogP contribution is -2.46. The van der Waals surface area contributed by atoms with Crippen molar-refractivity contribution < 1.29 is 19.5 Å². The Morgan fingerprint density at radius 1 is 1.07 bits per heavy atom. The van der Waals surface area contributed by atoms with E-state index in [9.17, 15) is 19.5 Å². The van der Waals surface area contributed by atoms with Gasteiger partial charge in [-0.1, -0.05) is 27.7 Å². The molecule has 0 aromatic carbocycles. The maximum Gasteiger partial charge on any atom is 0.348 e. The number of nitrogens with zero attached hydrogens (tertiary/aromatic N) is 1. The van der Waals surface area contributed by atoms with Gasteiger partial charge in [0, 0.05) is 29.7 Å². The van der Waals surface area contributed by atoms with E-state index in [-0.39, 0.29) is 33.9 Å². The summed E-state index contributed by atoms with van der Waals surface area (Å²) in [4.78, 5) is 40.5. The average Bonchev–Trinajstić information content (AvgIpc) is 3.10. The molecule has 0 unspecified atom stereocenters. The molecule has 1 N–H and O–H groups in total. The standard InChI is InChI=1S/C23H33NO4S/c1-14-5-7-15(8-6-14)21(26)24(16-9-11-17(25)12-10-16)18-13-19(23(2,3)4)29-20(18)22(27)28/h13-16H,5-12H2,1-4H3,(H,27,28). The van der Waals surface area contributed by atoms with E-state index < -0.39 is 5.97 Å². The second-order valence-electron chi connectivity index (χ2n) is 9.82. The van der Waals surface area contributed by atoms with Crippen molar-refractivity contribution in [3.8, 4) is 0 Å². The zero-order chi connectivity index (χ0) is 21.3. The predicted molar refractivity (Wildman–Crippen MR) is 116 cm³/mol. The molecule has 0 radical (unpaired) electrons. The number of carboxylic acid groups (broad SMARTS) is 1. The third kappa shape index (κ3) is 4.90. The molecule has 0 saturated heterocycles. The van der Waals surface area contributed by atoms with Crippen LogP contribution < -0.4 is 4.90 Å². The Kier molecular flexibility index (Phi) is 6.51. The molecule has 1 aromatic rings. The van der Waals surface area contributed by atoms with E-state index in [1.165, 1.54) is 11.3 Å². The molecule has 2 saturated carbocycles. The number of Topliss-reactive ketones (excluding diaryl/α,β-unsaturated/α-hetero) is 1. The summed E-state index contributed by atoms with van der Waals surface area (Å²) in [6.07, 6.45) is 5.97. The molecule has 1 heterocycles. The first kappa shape index (κ1) is 22.0. The first-order valence-corrected chi connectivity index (χ1v) is 11.6. The minimum absolute atomic E-state index is 0.0524. The summed E-state index contributed by atoms with van der Waals surface area (Å²) in [5.41, 5.74) is 0.348. The number of ketones is 1. The molecule has 6 heteroatoms. The normalized spacial score (nSPS) is 23.8. The van der Waals surface area contributed by atoms with E-state index in [2.05, 4.69) is 27.7 Å². The summed E-state index contributed by atoms with van der Waals surface area (Å²) in [6, 6.07) is 1.81. The largest absolute Gasteiger partial charge is 0.477 e. The lowest BCUT2D eigenvalue weighted by Gasteiger charge is -2.37. The molecular formula is C23H33NO4S. The number of rotatable bonds is 4. The molecule has 0 spiro atoms. The van der Waals surface area contributed by atoms with Crippen LogP contribution in [0.2, 0.25) is 0 Å². The number of carboxylic acids is 1. The molecule has 5 nitrogen and oxygen atoms in total. The van der Waals surface area contributed by atoms with Crippen LogP contribution in [0.1, 0.15) is 93.6 Å². The van der Waals surface area contributed by atoms with Crippen molar-refractivity contribution in [3.05, 3.63) is 15.8 Å². The molecule has 1 aromatic heterocycles. The highest BCUT2D eigenvalue weighted by Gasteiger charge is 2.37. The number of aromatic carboxylic acids is 1. The van der Waals surface area contributed by atoms with Crippen LogP contribution >= 0.6 is 11.3 Å². The van der Waals surface area contributed by atoms with Gasteiger partial charge in [-0.2, -0.15) is 0 Å². The van der Waals surface area contributed by atoms with Crippen LogP contribution in [0.5, 0.6) is 0 Å². The number of carbonyl (C=O) groups is 3. The molecule has 3 rings (SSSR count). The van der Waals surface area contributed by atoms with Crippen molar-refractivity contribution in [2.24, 2.45) is 11.8 Å². The third-order valence-electron chi connectivity index (χ3n) is 6.39. The van der Waals surface area contributed by atoms with Crippen molar-refractivity contribution in [2.45, 2.75) is 90.5 Å². The van der Waals surface area contributed by atoms with E-state index in [1.807, 2.05) is 6.07 Å². The number of carbonyl (C=O) groups excluding carboxylic acids is 2. The number of anilines is 1. The summed E-state index contributed by atoms with van der Waals surface area (Å²) in [7, 11) is 0. The van der Waals surface area contributed by atoms with E-state index in [1.54, 1.807) is 4.90 Å². The van der Waals surface area contributed by atoms with Crippen LogP contribution in [-0.2, 0) is 15.0 Å².